The molecule has 2 fully saturated rings. The zero-order valence-corrected chi connectivity index (χ0v) is 16.0. The number of hydrogen-bond donors (Lipinski definition) is 0. The fraction of sp³-hybridized carbons (Fsp3) is 0.611. The van der Waals surface area contributed by atoms with Crippen LogP contribution in [0.2, 0.25) is 0 Å². The SMILES string of the molecule is CCOC(=O)C1CCN(c2nc(N3CCOCC3)nc(-n3ccnc3)n2)CC1. The van der Waals surface area contributed by atoms with E-state index in [0.717, 1.165) is 25.9 Å². The van der Waals surface area contributed by atoms with Gasteiger partial charge in [-0.1, -0.05) is 0 Å². The minimum Gasteiger partial charge on any atom is -0.466 e. The summed E-state index contributed by atoms with van der Waals surface area (Å²) in [4.78, 5) is 34.3. The van der Waals surface area contributed by atoms with Crippen molar-refractivity contribution in [2.75, 3.05) is 55.8 Å². The highest BCUT2D eigenvalue weighted by Gasteiger charge is 2.28. The van der Waals surface area contributed by atoms with Gasteiger partial charge >= 0.3 is 5.97 Å². The number of piperidine rings is 1. The molecule has 0 saturated carbocycles. The first-order valence-electron chi connectivity index (χ1n) is 9.73. The molecule has 0 aromatic carbocycles. The van der Waals surface area contributed by atoms with E-state index < -0.39 is 0 Å². The highest BCUT2D eigenvalue weighted by atomic mass is 16.5. The number of esters is 1. The van der Waals surface area contributed by atoms with E-state index in [2.05, 4.69) is 24.8 Å². The summed E-state index contributed by atoms with van der Waals surface area (Å²) in [6.45, 7) is 6.49. The maximum absolute atomic E-state index is 12.0. The van der Waals surface area contributed by atoms with E-state index in [-0.39, 0.29) is 11.9 Å². The van der Waals surface area contributed by atoms with Crippen LogP contribution in [0.1, 0.15) is 19.8 Å². The van der Waals surface area contributed by atoms with Crippen LogP contribution in [0.4, 0.5) is 11.9 Å². The number of carbonyl (C=O) groups excluding carboxylic acids is 1. The van der Waals surface area contributed by atoms with Gasteiger partial charge in [-0.2, -0.15) is 15.0 Å². The van der Waals surface area contributed by atoms with Gasteiger partial charge in [0.05, 0.1) is 25.7 Å². The predicted octanol–water partition coefficient (Wildman–Crippen LogP) is 0.673. The Hall–Kier alpha value is -2.75. The van der Waals surface area contributed by atoms with Gasteiger partial charge < -0.3 is 19.3 Å². The molecule has 2 saturated heterocycles. The van der Waals surface area contributed by atoms with Crippen molar-refractivity contribution in [1.82, 2.24) is 24.5 Å². The molecular weight excluding hydrogens is 362 g/mol. The quantitative estimate of drug-likeness (QED) is 0.686. The second-order valence-electron chi connectivity index (χ2n) is 6.82. The Morgan fingerprint density at radius 1 is 1.07 bits per heavy atom. The van der Waals surface area contributed by atoms with Crippen LogP contribution < -0.4 is 9.80 Å². The largest absolute Gasteiger partial charge is 0.466 e. The Morgan fingerprint density at radius 2 is 1.71 bits per heavy atom. The number of ether oxygens (including phenoxy) is 2. The number of anilines is 2. The number of aromatic nitrogens is 5. The normalized spacial score (nSPS) is 18.3. The molecule has 2 aromatic heterocycles. The van der Waals surface area contributed by atoms with Gasteiger partial charge in [-0.3, -0.25) is 9.36 Å². The second kappa shape index (κ2) is 8.51. The third-order valence-electron chi connectivity index (χ3n) is 5.03. The molecule has 0 amide bonds. The topological polar surface area (TPSA) is 98.5 Å². The number of rotatable bonds is 5. The molecule has 0 aliphatic carbocycles. The van der Waals surface area contributed by atoms with Gasteiger partial charge in [-0.15, -0.1) is 0 Å². The lowest BCUT2D eigenvalue weighted by Crippen LogP contribution is -2.40. The summed E-state index contributed by atoms with van der Waals surface area (Å²) >= 11 is 0. The van der Waals surface area contributed by atoms with Crippen LogP contribution in [-0.2, 0) is 14.3 Å². The highest BCUT2D eigenvalue weighted by molar-refractivity contribution is 5.72. The fourth-order valence-electron chi connectivity index (χ4n) is 3.46. The van der Waals surface area contributed by atoms with Crippen molar-refractivity contribution in [2.24, 2.45) is 5.92 Å². The van der Waals surface area contributed by atoms with Gasteiger partial charge in [0, 0.05) is 38.6 Å². The van der Waals surface area contributed by atoms with Crippen LogP contribution in [0.3, 0.4) is 0 Å². The molecule has 0 unspecified atom stereocenters. The zero-order valence-electron chi connectivity index (χ0n) is 16.0. The number of imidazole rings is 1. The van der Waals surface area contributed by atoms with Gasteiger partial charge in [-0.05, 0) is 19.8 Å². The van der Waals surface area contributed by atoms with E-state index in [4.69, 9.17) is 14.5 Å². The van der Waals surface area contributed by atoms with Crippen molar-refractivity contribution >= 4 is 17.9 Å². The summed E-state index contributed by atoms with van der Waals surface area (Å²) in [5.74, 6) is 1.65. The lowest BCUT2D eigenvalue weighted by atomic mass is 9.97. The number of hydrogen-bond acceptors (Lipinski definition) is 9. The van der Waals surface area contributed by atoms with Crippen molar-refractivity contribution in [2.45, 2.75) is 19.8 Å². The van der Waals surface area contributed by atoms with Crippen LogP contribution in [0, 0.1) is 5.92 Å². The second-order valence-corrected chi connectivity index (χ2v) is 6.82. The van der Waals surface area contributed by atoms with Crippen molar-refractivity contribution in [3.63, 3.8) is 0 Å². The first-order valence-corrected chi connectivity index (χ1v) is 9.73. The first kappa shape index (κ1) is 18.6. The summed E-state index contributed by atoms with van der Waals surface area (Å²) in [6.07, 6.45) is 6.66. The molecule has 0 radical (unpaired) electrons. The molecular formula is C18H25N7O3. The van der Waals surface area contributed by atoms with Crippen LogP contribution in [-0.4, -0.2) is 76.5 Å². The fourth-order valence-corrected chi connectivity index (χ4v) is 3.46. The molecule has 0 bridgehead atoms. The number of morpholine rings is 1. The molecule has 0 atom stereocenters. The highest BCUT2D eigenvalue weighted by Crippen LogP contribution is 2.24. The molecule has 0 N–H and O–H groups in total. The third-order valence-corrected chi connectivity index (χ3v) is 5.03. The van der Waals surface area contributed by atoms with Gasteiger partial charge in [0.2, 0.25) is 17.8 Å². The number of carbonyl (C=O) groups is 1. The van der Waals surface area contributed by atoms with Crippen LogP contribution >= 0.6 is 0 Å². The Kier molecular flexibility index (Phi) is 5.65. The predicted molar refractivity (Wildman–Crippen MR) is 102 cm³/mol. The lowest BCUT2D eigenvalue weighted by Gasteiger charge is -2.32. The lowest BCUT2D eigenvalue weighted by molar-refractivity contribution is -0.148. The summed E-state index contributed by atoms with van der Waals surface area (Å²) in [6, 6.07) is 0. The summed E-state index contributed by atoms with van der Waals surface area (Å²) in [7, 11) is 0. The zero-order chi connectivity index (χ0) is 19.3. The molecule has 4 heterocycles. The average molecular weight is 387 g/mol. The molecule has 2 aliphatic rings. The van der Waals surface area contributed by atoms with Crippen molar-refractivity contribution in [3.05, 3.63) is 18.7 Å². The Morgan fingerprint density at radius 3 is 2.32 bits per heavy atom. The molecule has 2 aliphatic heterocycles. The average Bonchev–Trinajstić information content (AvgIpc) is 3.29. The van der Waals surface area contributed by atoms with Gasteiger partial charge in [0.1, 0.15) is 6.33 Å². The van der Waals surface area contributed by atoms with Gasteiger partial charge in [0.15, 0.2) is 0 Å². The van der Waals surface area contributed by atoms with E-state index in [9.17, 15) is 4.79 Å². The first-order chi connectivity index (χ1) is 13.7. The van der Waals surface area contributed by atoms with Crippen LogP contribution in [0.15, 0.2) is 18.7 Å². The molecule has 0 spiro atoms. The molecule has 2 aromatic rings. The van der Waals surface area contributed by atoms with Crippen LogP contribution in [0.25, 0.3) is 5.95 Å². The monoisotopic (exact) mass is 387 g/mol. The van der Waals surface area contributed by atoms with E-state index in [1.165, 1.54) is 0 Å². The Labute approximate surface area is 163 Å². The van der Waals surface area contributed by atoms with E-state index in [1.54, 1.807) is 17.1 Å². The van der Waals surface area contributed by atoms with E-state index in [1.807, 2.05) is 13.1 Å². The minimum absolute atomic E-state index is 0.0510. The van der Waals surface area contributed by atoms with E-state index >= 15 is 0 Å². The molecule has 28 heavy (non-hydrogen) atoms. The smallest absolute Gasteiger partial charge is 0.309 e. The van der Waals surface area contributed by atoms with Crippen molar-refractivity contribution in [1.29, 1.82) is 0 Å². The third kappa shape index (κ3) is 4.06. The molecule has 4 rings (SSSR count). The summed E-state index contributed by atoms with van der Waals surface area (Å²) in [5.41, 5.74) is 0. The van der Waals surface area contributed by atoms with Crippen molar-refractivity contribution in [3.8, 4) is 5.95 Å². The summed E-state index contributed by atoms with van der Waals surface area (Å²) in [5, 5.41) is 0. The van der Waals surface area contributed by atoms with Gasteiger partial charge in [0.25, 0.3) is 0 Å². The Balaban J connectivity index is 1.56. The standard InChI is InChI=1S/C18H25N7O3/c1-2-28-15(26)14-3-6-23(7-4-14)16-20-17(24-9-11-27-12-10-24)22-18(21-16)25-8-5-19-13-25/h5,8,13-14H,2-4,6-7,9-12H2,1H3. The molecule has 150 valence electrons. The maximum atomic E-state index is 12.0. The minimum atomic E-state index is -0.106. The molecule has 10 nitrogen and oxygen atoms in total. The summed E-state index contributed by atoms with van der Waals surface area (Å²) < 4.78 is 12.4. The maximum Gasteiger partial charge on any atom is 0.309 e. The van der Waals surface area contributed by atoms with Crippen molar-refractivity contribution < 1.29 is 14.3 Å². The Bertz CT molecular complexity index is 784. The van der Waals surface area contributed by atoms with Crippen LogP contribution in [0.5, 0.6) is 0 Å². The van der Waals surface area contributed by atoms with E-state index in [0.29, 0.717) is 50.8 Å². The van der Waals surface area contributed by atoms with Gasteiger partial charge in [-0.25, -0.2) is 4.98 Å². The molecule has 10 heteroatoms. The number of nitrogens with zero attached hydrogens (tertiary/aromatic N) is 7.